The Morgan fingerprint density at radius 3 is 2.41 bits per heavy atom. The number of anilines is 1. The van der Waals surface area contributed by atoms with Crippen LogP contribution in [0.25, 0.3) is 0 Å². The molecule has 1 aliphatic heterocycles. The lowest BCUT2D eigenvalue weighted by Crippen LogP contribution is -2.29. The molecular weight excluding hydrogens is 446 g/mol. The smallest absolute Gasteiger partial charge is 0.174 e. The number of nitrogens with zero attached hydrogens (tertiary/aromatic N) is 6. The normalized spacial score (nSPS) is 17.9. The zero-order chi connectivity index (χ0) is 23.8. The fourth-order valence-electron chi connectivity index (χ4n) is 4.64. The minimum absolute atomic E-state index is 0.101. The second-order valence-electron chi connectivity index (χ2n) is 8.64. The molecule has 34 heavy (non-hydrogen) atoms. The van der Waals surface area contributed by atoms with Gasteiger partial charge in [-0.1, -0.05) is 6.07 Å². The monoisotopic (exact) mass is 473 g/mol. The predicted octanol–water partition coefficient (Wildman–Crippen LogP) is 4.37. The van der Waals surface area contributed by atoms with Crippen LogP contribution < -0.4 is 15.0 Å². The molecule has 8 nitrogen and oxygen atoms in total. The van der Waals surface area contributed by atoms with E-state index in [0.717, 1.165) is 34.1 Å². The number of hydrogen-bond acceptors (Lipinski definition) is 5. The van der Waals surface area contributed by atoms with Gasteiger partial charge in [0.05, 0.1) is 23.9 Å². The molecule has 1 aliphatic rings. The lowest BCUT2D eigenvalue weighted by atomic mass is 9.96. The Kier molecular flexibility index (Phi) is 5.79. The summed E-state index contributed by atoms with van der Waals surface area (Å²) in [5.41, 5.74) is 5.24. The number of nitrogens with one attached hydrogen (secondary N) is 1. The number of aromatic nitrogens is 5. The van der Waals surface area contributed by atoms with E-state index in [0.29, 0.717) is 5.11 Å². The van der Waals surface area contributed by atoms with Gasteiger partial charge in [-0.3, -0.25) is 9.66 Å². The van der Waals surface area contributed by atoms with Gasteiger partial charge in [0.25, 0.3) is 0 Å². The summed E-state index contributed by atoms with van der Waals surface area (Å²) in [4.78, 5) is 6.83. The van der Waals surface area contributed by atoms with Crippen LogP contribution in [0.2, 0.25) is 0 Å². The zero-order valence-electron chi connectivity index (χ0n) is 19.6. The van der Waals surface area contributed by atoms with Crippen LogP contribution in [-0.4, -0.2) is 35.7 Å². The summed E-state index contributed by atoms with van der Waals surface area (Å²) < 4.78 is 9.83. The van der Waals surface area contributed by atoms with Crippen LogP contribution in [0.5, 0.6) is 5.75 Å². The van der Waals surface area contributed by atoms with Crippen molar-refractivity contribution in [3.8, 4) is 5.75 Å². The number of pyridine rings is 1. The van der Waals surface area contributed by atoms with Crippen molar-refractivity contribution in [2.45, 2.75) is 45.9 Å². The van der Waals surface area contributed by atoms with Gasteiger partial charge in [0.15, 0.2) is 5.11 Å². The lowest BCUT2D eigenvalue weighted by molar-refractivity contribution is 0.242. The van der Waals surface area contributed by atoms with Gasteiger partial charge < -0.3 is 15.0 Å². The summed E-state index contributed by atoms with van der Waals surface area (Å²) >= 11 is 5.87. The number of benzene rings is 1. The van der Waals surface area contributed by atoms with Crippen molar-refractivity contribution in [3.05, 3.63) is 90.0 Å². The minimum atomic E-state index is -0.116. The zero-order valence-corrected chi connectivity index (χ0v) is 20.4. The van der Waals surface area contributed by atoms with Gasteiger partial charge in [0.2, 0.25) is 0 Å². The molecule has 4 aromatic rings. The second kappa shape index (κ2) is 8.90. The van der Waals surface area contributed by atoms with Gasteiger partial charge in [-0.2, -0.15) is 0 Å². The van der Waals surface area contributed by atoms with E-state index in [1.807, 2.05) is 55.1 Å². The summed E-state index contributed by atoms with van der Waals surface area (Å²) in [5.74, 6) is 0.834. The Morgan fingerprint density at radius 2 is 1.76 bits per heavy atom. The third-order valence-corrected chi connectivity index (χ3v) is 6.29. The van der Waals surface area contributed by atoms with Gasteiger partial charge in [0, 0.05) is 28.8 Å². The number of thiocarbonyl (C=S) groups is 1. The average Bonchev–Trinajstić information content (AvgIpc) is 3.52. The fraction of sp³-hybridized carbons (Fsp3) is 0.280. The molecule has 0 amide bonds. The summed E-state index contributed by atoms with van der Waals surface area (Å²) in [6.45, 7) is 8.23. The number of rotatable bonds is 6. The molecule has 1 N–H and O–H groups in total. The molecule has 0 aliphatic carbocycles. The minimum Gasteiger partial charge on any atom is -0.491 e. The molecule has 4 heterocycles. The summed E-state index contributed by atoms with van der Waals surface area (Å²) in [6.07, 6.45) is 5.33. The highest BCUT2D eigenvalue weighted by Crippen LogP contribution is 2.43. The first kappa shape index (κ1) is 22.1. The van der Waals surface area contributed by atoms with Crippen LogP contribution in [0.4, 0.5) is 5.69 Å². The van der Waals surface area contributed by atoms with E-state index in [1.165, 1.54) is 0 Å². The highest BCUT2D eigenvalue weighted by Gasteiger charge is 2.42. The van der Waals surface area contributed by atoms with Gasteiger partial charge in [-0.25, -0.2) is 4.68 Å². The standard InChI is InChI=1S/C25H27N7OS/c1-16(2)33-20-10-8-19(9-11-20)31-24(23(29-25(31)34)22-7-5-6-12-26-22)21-13-17(3)32(18(21)4)30-14-27-28-15-30/h5-16,23-24H,1-4H3,(H,29,34). The first-order valence-electron chi connectivity index (χ1n) is 11.3. The maximum Gasteiger partial charge on any atom is 0.174 e. The molecule has 1 aromatic carbocycles. The van der Waals surface area contributed by atoms with Crippen molar-refractivity contribution in [2.24, 2.45) is 0 Å². The van der Waals surface area contributed by atoms with Gasteiger partial charge in [0.1, 0.15) is 18.4 Å². The molecule has 2 unspecified atom stereocenters. The molecular formula is C25H27N7OS. The maximum atomic E-state index is 5.87. The van der Waals surface area contributed by atoms with E-state index in [2.05, 4.69) is 62.1 Å². The van der Waals surface area contributed by atoms with E-state index in [4.69, 9.17) is 17.0 Å². The van der Waals surface area contributed by atoms with Crippen molar-refractivity contribution in [2.75, 3.05) is 4.90 Å². The topological polar surface area (TPSA) is 73.0 Å². The van der Waals surface area contributed by atoms with Gasteiger partial charge in [-0.05, 0) is 82.4 Å². The Hall–Kier alpha value is -3.72. The van der Waals surface area contributed by atoms with E-state index in [9.17, 15) is 0 Å². The summed E-state index contributed by atoms with van der Waals surface area (Å²) in [7, 11) is 0. The molecule has 1 saturated heterocycles. The highest BCUT2D eigenvalue weighted by molar-refractivity contribution is 7.80. The van der Waals surface area contributed by atoms with Crippen LogP contribution in [0.3, 0.4) is 0 Å². The van der Waals surface area contributed by atoms with Crippen LogP contribution >= 0.6 is 12.2 Å². The summed E-state index contributed by atoms with van der Waals surface area (Å²) in [6, 6.07) is 16.0. The average molecular weight is 474 g/mol. The number of ether oxygens (including phenoxy) is 1. The molecule has 0 saturated carbocycles. The number of hydrogen-bond donors (Lipinski definition) is 1. The highest BCUT2D eigenvalue weighted by atomic mass is 32.1. The van der Waals surface area contributed by atoms with Crippen molar-refractivity contribution in [1.82, 2.24) is 29.9 Å². The van der Waals surface area contributed by atoms with E-state index in [-0.39, 0.29) is 18.2 Å². The molecule has 0 bridgehead atoms. The maximum absolute atomic E-state index is 5.87. The molecule has 1 fully saturated rings. The molecule has 0 radical (unpaired) electrons. The van der Waals surface area contributed by atoms with Crippen molar-refractivity contribution < 1.29 is 4.74 Å². The van der Waals surface area contributed by atoms with Crippen LogP contribution in [-0.2, 0) is 0 Å². The Morgan fingerprint density at radius 1 is 1.03 bits per heavy atom. The number of aryl methyl sites for hydroxylation is 1. The first-order valence-corrected chi connectivity index (χ1v) is 11.7. The SMILES string of the molecule is Cc1cc(C2C(c3ccccn3)NC(=S)N2c2ccc(OC(C)C)cc2)c(C)n1-n1cnnc1. The molecule has 3 aromatic heterocycles. The Labute approximate surface area is 204 Å². The van der Waals surface area contributed by atoms with E-state index in [1.54, 1.807) is 12.7 Å². The third kappa shape index (κ3) is 3.92. The van der Waals surface area contributed by atoms with E-state index >= 15 is 0 Å². The van der Waals surface area contributed by atoms with Gasteiger partial charge in [-0.15, -0.1) is 10.2 Å². The predicted molar refractivity (Wildman–Crippen MR) is 135 cm³/mol. The molecule has 0 spiro atoms. The van der Waals surface area contributed by atoms with Crippen LogP contribution in [0, 0.1) is 13.8 Å². The molecule has 9 heteroatoms. The first-order chi connectivity index (χ1) is 16.4. The molecule has 2 atom stereocenters. The van der Waals surface area contributed by atoms with Crippen molar-refractivity contribution in [1.29, 1.82) is 0 Å². The Balaban J connectivity index is 1.62. The quantitative estimate of drug-likeness (QED) is 0.417. The second-order valence-corrected chi connectivity index (χ2v) is 9.02. The Bertz CT molecular complexity index is 1280. The third-order valence-electron chi connectivity index (χ3n) is 5.97. The molecule has 174 valence electrons. The van der Waals surface area contributed by atoms with Crippen LogP contribution in [0.15, 0.2) is 67.4 Å². The summed E-state index contributed by atoms with van der Waals surface area (Å²) in [5, 5.41) is 12.1. The largest absolute Gasteiger partial charge is 0.491 e. The van der Waals surface area contributed by atoms with Crippen LogP contribution in [0.1, 0.15) is 48.6 Å². The fourth-order valence-corrected chi connectivity index (χ4v) is 4.98. The van der Waals surface area contributed by atoms with Crippen molar-refractivity contribution >= 4 is 23.0 Å². The van der Waals surface area contributed by atoms with E-state index < -0.39 is 0 Å². The van der Waals surface area contributed by atoms with Crippen molar-refractivity contribution in [3.63, 3.8) is 0 Å². The molecule has 5 rings (SSSR count). The van der Waals surface area contributed by atoms with Gasteiger partial charge >= 0.3 is 0 Å². The lowest BCUT2D eigenvalue weighted by Gasteiger charge is -2.28.